The van der Waals surface area contributed by atoms with E-state index in [4.69, 9.17) is 28.4 Å². The molecule has 18 nitrogen and oxygen atoms in total. The monoisotopic (exact) mass is 1380 g/mol. The predicted octanol–water partition coefficient (Wildman–Crippen LogP) is 12.9. The van der Waals surface area contributed by atoms with E-state index in [9.17, 15) is 28.8 Å². The minimum atomic E-state index is -3.31. The van der Waals surface area contributed by atoms with Crippen molar-refractivity contribution in [2.45, 2.75) is 219 Å². The second-order valence-corrected chi connectivity index (χ2v) is 28.9. The van der Waals surface area contributed by atoms with Gasteiger partial charge in [0.25, 0.3) is 11.8 Å². The number of halogens is 4. The number of aromatic nitrogens is 2. The summed E-state index contributed by atoms with van der Waals surface area (Å²) < 4.78 is 100.0. The number of alkyl carbamates (subject to hydrolysis) is 2. The number of rotatable bonds is 6. The molecule has 512 valence electrons. The summed E-state index contributed by atoms with van der Waals surface area (Å²) in [7, 11) is 3.04. The van der Waals surface area contributed by atoms with E-state index in [-0.39, 0.29) is 92.5 Å². The van der Waals surface area contributed by atoms with Crippen molar-refractivity contribution < 1.29 is 112 Å². The fourth-order valence-corrected chi connectivity index (χ4v) is 15.4. The van der Waals surface area contributed by atoms with Crippen LogP contribution in [-0.2, 0) is 77.6 Å². The Hall–Kier alpha value is -5.83. The Kier molecular flexibility index (Phi) is 23.2. The minimum Gasteiger partial charge on any atom is -0.540 e. The Bertz CT molecular complexity index is 3300. The molecule has 24 heteroatoms. The first-order chi connectivity index (χ1) is 43.5. The van der Waals surface area contributed by atoms with Gasteiger partial charge in [0.1, 0.15) is 59.0 Å². The van der Waals surface area contributed by atoms with Crippen LogP contribution >= 0.6 is 0 Å². The maximum atomic E-state index is 16.1. The quantitative estimate of drug-likeness (QED) is 0.136. The zero-order valence-corrected chi connectivity index (χ0v) is 58.5. The summed E-state index contributed by atoms with van der Waals surface area (Å²) >= 11 is 0. The van der Waals surface area contributed by atoms with E-state index in [1.807, 2.05) is 74.9 Å². The standard InChI is InChI=1S/C35H44F2N3O6.C35H46F2N3O6.2V/c1-6-22-26(18-41)40-17-29(22)45-28-16-20-13-21(44-5)10-11-25(20)38-30(28)35(36,37)12-8-7-9-23-24-14-19(24)15-27(23)46-33(43)39-31(32(40)42)34(2,3)4;1-7-24-26(20-41)40-19-28(24)45-27-18-21-17-23(44-6)13-14-25(21)38-29(27)35(36,37)16-9-8-11-22-12-10-15-34(22,5)46-32(43)39-30(31(40)42)33(2,3)4;;/h10-11,13,16,19,22-24,26-27,29,31H,6-9,12,14-15,17H2,1-5H3,(H,39,43);13-14,17-18,22,24,26,28,30H,7-12,15-16,19H2,1-6H3,(H,39,43);;/q2*-1;;/t19?,22-,23+,24?,26+,27+,29-,31+;22-,24+,26-,28+,30-,34-;;/m01../s1. The molecule has 2 N–H and O–H groups in total. The zero-order chi connectivity index (χ0) is 66.4. The summed E-state index contributed by atoms with van der Waals surface area (Å²) in [5.41, 5.74) is -2.41. The second kappa shape index (κ2) is 29.5. The molecule has 5 fully saturated rings. The number of pyridine rings is 2. The molecular formula is C70H90F4N6O12V2-2. The Morgan fingerprint density at radius 1 is 0.596 bits per heavy atom. The van der Waals surface area contributed by atoms with Crippen LogP contribution in [0.25, 0.3) is 21.8 Å². The molecule has 4 aromatic rings. The van der Waals surface area contributed by atoms with Crippen LogP contribution in [0.5, 0.6) is 23.0 Å². The van der Waals surface area contributed by atoms with E-state index in [0.29, 0.717) is 90.1 Å². The van der Waals surface area contributed by atoms with Gasteiger partial charge in [0.15, 0.2) is 11.4 Å². The number of nitrogens with one attached hydrogen (secondary N) is 2. The van der Waals surface area contributed by atoms with E-state index in [1.165, 1.54) is 24.0 Å². The Balaban J connectivity index is 0.000000236. The number of carbonyl (C=O) groups is 4. The summed E-state index contributed by atoms with van der Waals surface area (Å²) in [6.45, 7) is 16.5. The van der Waals surface area contributed by atoms with E-state index >= 15 is 17.6 Å². The molecule has 4 bridgehead atoms. The molecular weight excluding hydrogens is 1290 g/mol. The SMILES string of the molecule is CC[C@@H]1[C@@H]2CN(C(=O)[C@H](C(C)(C)C)NC(=O)O[C@@H]3CC4CC4[C@H]3CCCCC(F)(F)c3nc4ccc(OC)cc4cc3O2)[C@@H]1[C-]=O.CC[C@@H]1[C@@H]2CN(C(=O)[C@H](C(C)(C)C)NC(=O)O[C@]3(C)CCC[C@H]3CCCCC(F)(F)c3nc4ccc(OC)cc4cc3O2)[C@@H]1[C-]=O.[V].[V]. The Labute approximate surface area is 572 Å². The first-order valence-electron chi connectivity index (χ1n) is 33.0. The summed E-state index contributed by atoms with van der Waals surface area (Å²) in [6.07, 6.45) is 7.73. The first-order valence-corrected chi connectivity index (χ1v) is 33.0. The van der Waals surface area contributed by atoms with Crippen molar-refractivity contribution in [3.8, 4) is 23.0 Å². The van der Waals surface area contributed by atoms with Crippen molar-refractivity contribution >= 4 is 58.4 Å². The predicted molar refractivity (Wildman–Crippen MR) is 335 cm³/mol. The maximum Gasteiger partial charge on any atom is 0.408 e. The molecule has 11 rings (SSSR count). The molecule has 2 unspecified atom stereocenters. The van der Waals surface area contributed by atoms with Crippen LogP contribution in [0.15, 0.2) is 48.5 Å². The van der Waals surface area contributed by atoms with E-state index in [2.05, 4.69) is 20.6 Å². The molecule has 2 saturated heterocycles. The fourth-order valence-electron chi connectivity index (χ4n) is 15.4. The van der Waals surface area contributed by atoms with Crippen molar-refractivity contribution in [1.29, 1.82) is 0 Å². The van der Waals surface area contributed by atoms with E-state index in [1.54, 1.807) is 48.5 Å². The van der Waals surface area contributed by atoms with Crippen LogP contribution in [0.4, 0.5) is 27.2 Å². The van der Waals surface area contributed by atoms with Crippen LogP contribution in [-0.4, -0.2) is 132 Å². The van der Waals surface area contributed by atoms with Crippen molar-refractivity contribution in [3.63, 3.8) is 0 Å². The van der Waals surface area contributed by atoms with Gasteiger partial charge < -0.3 is 58.4 Å². The van der Waals surface area contributed by atoms with Crippen LogP contribution in [0.3, 0.4) is 0 Å². The van der Waals surface area contributed by atoms with Crippen molar-refractivity contribution in [3.05, 3.63) is 59.9 Å². The Morgan fingerprint density at radius 3 is 1.50 bits per heavy atom. The average molecular weight is 1390 g/mol. The number of fused-ring (bicyclic) bond motifs is 12. The summed E-state index contributed by atoms with van der Waals surface area (Å²) in [5.74, 6) is -6.70. The smallest absolute Gasteiger partial charge is 0.408 e. The zero-order valence-electron chi connectivity index (χ0n) is 55.7. The molecule has 7 aliphatic rings. The van der Waals surface area contributed by atoms with Gasteiger partial charge in [-0.05, 0) is 160 Å². The van der Waals surface area contributed by atoms with Crippen LogP contribution in [0.2, 0.25) is 0 Å². The number of amides is 4. The molecule has 4 amide bonds. The van der Waals surface area contributed by atoms with Gasteiger partial charge in [0, 0.05) is 60.7 Å². The number of ether oxygens (including phenoxy) is 6. The normalized spacial score (nSPS) is 31.2. The summed E-state index contributed by atoms with van der Waals surface area (Å²) in [4.78, 5) is 91.4. The molecule has 14 atom stereocenters. The van der Waals surface area contributed by atoms with Crippen molar-refractivity contribution in [2.24, 2.45) is 46.3 Å². The average Bonchev–Trinajstić information content (AvgIpc) is 1.48. The van der Waals surface area contributed by atoms with Gasteiger partial charge in [0.05, 0.1) is 38.3 Å². The third kappa shape index (κ3) is 15.6. The molecule has 6 heterocycles. The van der Waals surface area contributed by atoms with Gasteiger partial charge in [-0.15, -0.1) is 0 Å². The van der Waals surface area contributed by atoms with Crippen LogP contribution < -0.4 is 29.6 Å². The van der Waals surface area contributed by atoms with Crippen LogP contribution in [0.1, 0.15) is 170 Å². The number of carbonyl (C=O) groups excluding carboxylic acids is 6. The molecule has 4 aliphatic heterocycles. The molecule has 3 saturated carbocycles. The van der Waals surface area contributed by atoms with Gasteiger partial charge in [-0.2, -0.15) is 17.6 Å². The van der Waals surface area contributed by atoms with E-state index in [0.717, 1.165) is 25.7 Å². The summed E-state index contributed by atoms with van der Waals surface area (Å²) in [5, 5.41) is 6.77. The topological polar surface area (TPSA) is 214 Å². The maximum absolute atomic E-state index is 16.1. The number of benzene rings is 2. The second-order valence-electron chi connectivity index (χ2n) is 28.9. The molecule has 2 radical (unpaired) electrons. The fraction of sp³-hybridized carbons (Fsp3) is 0.657. The third-order valence-electron chi connectivity index (χ3n) is 20.7. The molecule has 2 aromatic heterocycles. The van der Waals surface area contributed by atoms with Crippen LogP contribution in [0, 0.1) is 46.3 Å². The van der Waals surface area contributed by atoms with Gasteiger partial charge in [-0.1, -0.05) is 93.2 Å². The van der Waals surface area contributed by atoms with Crippen molar-refractivity contribution in [1.82, 2.24) is 30.4 Å². The van der Waals surface area contributed by atoms with Gasteiger partial charge in [-0.25, -0.2) is 32.1 Å². The minimum absolute atomic E-state index is 0. The summed E-state index contributed by atoms with van der Waals surface area (Å²) in [6, 6.07) is 9.12. The number of nitrogens with zero attached hydrogens (tertiary/aromatic N) is 4. The Morgan fingerprint density at radius 2 is 1.05 bits per heavy atom. The number of alkyl halides is 4. The third-order valence-corrected chi connectivity index (χ3v) is 20.7. The molecule has 2 aromatic carbocycles. The van der Waals surface area contributed by atoms with Gasteiger partial charge in [-0.3, -0.25) is 9.59 Å². The number of hydrogen-bond donors (Lipinski definition) is 2. The van der Waals surface area contributed by atoms with Crippen molar-refractivity contribution in [2.75, 3.05) is 27.3 Å². The van der Waals surface area contributed by atoms with Gasteiger partial charge >= 0.3 is 12.2 Å². The number of hydrogen-bond acceptors (Lipinski definition) is 14. The molecule has 94 heavy (non-hydrogen) atoms. The first kappa shape index (κ1) is 74.0. The largest absolute Gasteiger partial charge is 0.540 e. The van der Waals surface area contributed by atoms with Gasteiger partial charge in [0.2, 0.25) is 11.8 Å². The molecule has 3 aliphatic carbocycles. The molecule has 0 spiro atoms. The number of methoxy groups -OCH3 is 2. The van der Waals surface area contributed by atoms with E-state index < -0.39 is 125 Å².